The van der Waals surface area contributed by atoms with Crippen LogP contribution in [0.2, 0.25) is 0 Å². The van der Waals surface area contributed by atoms with Crippen LogP contribution in [0.1, 0.15) is 393 Å². The minimum Gasteiger partial charge on any atom is -0.462 e. The van der Waals surface area contributed by atoms with Crippen LogP contribution < -0.4 is 0 Å². The first-order chi connectivity index (χ1) is 39.0. The molecule has 0 aromatic heterocycles. The van der Waals surface area contributed by atoms with Crippen molar-refractivity contribution >= 4 is 17.9 Å². The molecule has 0 rings (SSSR count). The molecule has 0 spiro atoms. The molecule has 79 heavy (non-hydrogen) atoms. The van der Waals surface area contributed by atoms with Crippen molar-refractivity contribution in [3.8, 4) is 0 Å². The van der Waals surface area contributed by atoms with Crippen LogP contribution in [0.5, 0.6) is 0 Å². The molecule has 0 radical (unpaired) electrons. The van der Waals surface area contributed by atoms with Crippen molar-refractivity contribution in [2.75, 3.05) is 13.2 Å². The first-order valence-corrected chi connectivity index (χ1v) is 35.5. The van der Waals surface area contributed by atoms with Gasteiger partial charge in [0.15, 0.2) is 6.10 Å². The van der Waals surface area contributed by atoms with E-state index in [0.717, 1.165) is 77.0 Å². The molecule has 1 atom stereocenters. The van der Waals surface area contributed by atoms with E-state index in [0.29, 0.717) is 19.3 Å². The highest BCUT2D eigenvalue weighted by Gasteiger charge is 2.19. The Labute approximate surface area is 493 Å². The number of carbonyl (C=O) groups is 3. The maximum atomic E-state index is 12.9. The van der Waals surface area contributed by atoms with Gasteiger partial charge in [-0.25, -0.2) is 0 Å². The predicted molar refractivity (Wildman–Crippen MR) is 344 cm³/mol. The van der Waals surface area contributed by atoms with Crippen LogP contribution in [0.15, 0.2) is 36.5 Å². The van der Waals surface area contributed by atoms with Gasteiger partial charge in [-0.3, -0.25) is 14.4 Å². The van der Waals surface area contributed by atoms with Gasteiger partial charge in [-0.15, -0.1) is 0 Å². The van der Waals surface area contributed by atoms with Crippen molar-refractivity contribution in [2.24, 2.45) is 0 Å². The van der Waals surface area contributed by atoms with Gasteiger partial charge in [0.1, 0.15) is 13.2 Å². The number of carbonyl (C=O) groups excluding carboxylic acids is 3. The van der Waals surface area contributed by atoms with Gasteiger partial charge in [0.25, 0.3) is 0 Å². The largest absolute Gasteiger partial charge is 0.462 e. The Morgan fingerprint density at radius 1 is 0.253 bits per heavy atom. The zero-order valence-corrected chi connectivity index (χ0v) is 53.4. The molecule has 0 saturated carbocycles. The van der Waals surface area contributed by atoms with Crippen molar-refractivity contribution < 1.29 is 28.6 Å². The number of ether oxygens (including phenoxy) is 3. The highest BCUT2D eigenvalue weighted by atomic mass is 16.6. The fraction of sp³-hybridized carbons (Fsp3) is 0.877. The second-order valence-electron chi connectivity index (χ2n) is 24.2. The molecule has 0 aromatic carbocycles. The summed E-state index contributed by atoms with van der Waals surface area (Å²) in [6, 6.07) is 0. The Morgan fingerprint density at radius 3 is 0.734 bits per heavy atom. The summed E-state index contributed by atoms with van der Waals surface area (Å²) in [4.78, 5) is 38.3. The van der Waals surface area contributed by atoms with E-state index in [2.05, 4.69) is 57.2 Å². The van der Waals surface area contributed by atoms with E-state index in [-0.39, 0.29) is 31.1 Å². The summed E-state index contributed by atoms with van der Waals surface area (Å²) in [7, 11) is 0. The van der Waals surface area contributed by atoms with Crippen LogP contribution >= 0.6 is 0 Å². The minimum absolute atomic E-state index is 0.0724. The molecular formula is C73H136O6. The molecule has 6 heteroatoms. The summed E-state index contributed by atoms with van der Waals surface area (Å²) in [5.74, 6) is -0.862. The fourth-order valence-electron chi connectivity index (χ4n) is 10.8. The van der Waals surface area contributed by atoms with Gasteiger partial charge in [0.05, 0.1) is 0 Å². The molecule has 0 aromatic rings. The number of unbranched alkanes of at least 4 members (excludes halogenated alkanes) is 49. The van der Waals surface area contributed by atoms with Crippen molar-refractivity contribution in [1.29, 1.82) is 0 Å². The number of rotatable bonds is 66. The van der Waals surface area contributed by atoms with Crippen molar-refractivity contribution in [1.82, 2.24) is 0 Å². The third kappa shape index (κ3) is 66.3. The average molecular weight is 1110 g/mol. The molecule has 0 aliphatic carbocycles. The predicted octanol–water partition coefficient (Wildman–Crippen LogP) is 24.3. The summed E-state index contributed by atoms with van der Waals surface area (Å²) >= 11 is 0. The molecule has 0 amide bonds. The maximum Gasteiger partial charge on any atom is 0.306 e. The standard InChI is InChI=1S/C73H136O6/c1-4-7-10-13-16-19-22-24-26-28-30-31-32-33-34-35-36-37-38-39-40-41-42-44-45-47-49-51-54-57-60-63-66-72(75)78-69-70(68-77-71(74)65-62-59-56-53-21-18-15-12-9-6-3)79-73(76)67-64-61-58-55-52-50-48-46-43-29-27-25-23-20-17-14-11-8-5-2/h17,20,25,27,43,46,70H,4-16,18-19,21-24,26,28-42,44-45,47-69H2,1-3H3/b20-17-,27-25-,46-43-. The fourth-order valence-corrected chi connectivity index (χ4v) is 10.8. The molecule has 464 valence electrons. The molecule has 0 bridgehead atoms. The van der Waals surface area contributed by atoms with Gasteiger partial charge < -0.3 is 14.2 Å². The molecule has 0 fully saturated rings. The maximum absolute atomic E-state index is 12.9. The number of esters is 3. The van der Waals surface area contributed by atoms with Gasteiger partial charge in [0, 0.05) is 19.3 Å². The highest BCUT2D eigenvalue weighted by Crippen LogP contribution is 2.19. The van der Waals surface area contributed by atoms with Crippen LogP contribution in [0.25, 0.3) is 0 Å². The second kappa shape index (κ2) is 68.1. The molecule has 6 nitrogen and oxygen atoms in total. The highest BCUT2D eigenvalue weighted by molar-refractivity contribution is 5.71. The van der Waals surface area contributed by atoms with Gasteiger partial charge in [-0.05, 0) is 57.8 Å². The third-order valence-corrected chi connectivity index (χ3v) is 16.1. The van der Waals surface area contributed by atoms with Crippen LogP contribution in [-0.4, -0.2) is 37.2 Å². The average Bonchev–Trinajstić information content (AvgIpc) is 3.45. The second-order valence-corrected chi connectivity index (χ2v) is 24.2. The minimum atomic E-state index is -0.776. The lowest BCUT2D eigenvalue weighted by Gasteiger charge is -2.18. The topological polar surface area (TPSA) is 78.9 Å². The van der Waals surface area contributed by atoms with Gasteiger partial charge in [-0.1, -0.05) is 353 Å². The van der Waals surface area contributed by atoms with E-state index in [1.165, 1.54) is 276 Å². The monoisotopic (exact) mass is 1110 g/mol. The number of hydrogen-bond donors (Lipinski definition) is 0. The zero-order valence-electron chi connectivity index (χ0n) is 53.4. The number of allylic oxidation sites excluding steroid dienone is 6. The smallest absolute Gasteiger partial charge is 0.306 e. The lowest BCUT2D eigenvalue weighted by molar-refractivity contribution is -0.167. The van der Waals surface area contributed by atoms with Gasteiger partial charge >= 0.3 is 17.9 Å². The van der Waals surface area contributed by atoms with Crippen molar-refractivity contribution in [3.05, 3.63) is 36.5 Å². The Morgan fingerprint density at radius 2 is 0.456 bits per heavy atom. The molecular weight excluding hydrogens is 973 g/mol. The zero-order chi connectivity index (χ0) is 57.1. The summed E-state index contributed by atoms with van der Waals surface area (Å²) in [6.45, 7) is 6.66. The molecule has 1 unspecified atom stereocenters. The molecule has 0 aliphatic heterocycles. The van der Waals surface area contributed by atoms with E-state index >= 15 is 0 Å². The number of hydrogen-bond acceptors (Lipinski definition) is 6. The molecule has 0 N–H and O–H groups in total. The Balaban J connectivity index is 4.07. The molecule has 0 aliphatic rings. The van der Waals surface area contributed by atoms with E-state index in [4.69, 9.17) is 14.2 Å². The van der Waals surface area contributed by atoms with Crippen LogP contribution in [0, 0.1) is 0 Å². The van der Waals surface area contributed by atoms with Crippen molar-refractivity contribution in [3.63, 3.8) is 0 Å². The van der Waals surface area contributed by atoms with Crippen LogP contribution in [0.4, 0.5) is 0 Å². The molecule has 0 heterocycles. The van der Waals surface area contributed by atoms with Gasteiger partial charge in [-0.2, -0.15) is 0 Å². The van der Waals surface area contributed by atoms with Crippen LogP contribution in [0.3, 0.4) is 0 Å². The summed E-state index contributed by atoms with van der Waals surface area (Å²) in [6.07, 6.45) is 84.8. The van der Waals surface area contributed by atoms with E-state index in [9.17, 15) is 14.4 Å². The quantitative estimate of drug-likeness (QED) is 0.0261. The lowest BCUT2D eigenvalue weighted by Crippen LogP contribution is -2.30. The summed E-state index contributed by atoms with van der Waals surface area (Å²) in [5, 5.41) is 0. The Bertz CT molecular complexity index is 1320. The summed E-state index contributed by atoms with van der Waals surface area (Å²) < 4.78 is 16.9. The normalized spacial score (nSPS) is 12.2. The van der Waals surface area contributed by atoms with E-state index < -0.39 is 6.10 Å². The first kappa shape index (κ1) is 76.6. The van der Waals surface area contributed by atoms with E-state index in [1.807, 2.05) is 0 Å². The van der Waals surface area contributed by atoms with Crippen LogP contribution in [-0.2, 0) is 28.6 Å². The lowest BCUT2D eigenvalue weighted by atomic mass is 10.0. The van der Waals surface area contributed by atoms with E-state index in [1.54, 1.807) is 0 Å². The van der Waals surface area contributed by atoms with Gasteiger partial charge in [0.2, 0.25) is 0 Å². The Kier molecular flexibility index (Phi) is 66.1. The first-order valence-electron chi connectivity index (χ1n) is 35.5. The third-order valence-electron chi connectivity index (χ3n) is 16.1. The SMILES string of the molecule is CCCCC/C=C\C/C=C\C/C=C\CCCCCCCCC(=O)OC(COC(=O)CCCCCCCCCCCC)COC(=O)CCCCCCCCCCCCCCCCCCCCCCCCCCCCCCCCCC. The Hall–Kier alpha value is -2.37. The molecule has 0 saturated heterocycles. The summed E-state index contributed by atoms with van der Waals surface area (Å²) in [5.41, 5.74) is 0. The van der Waals surface area contributed by atoms with Crippen molar-refractivity contribution in [2.45, 2.75) is 399 Å².